The van der Waals surface area contributed by atoms with Crippen LogP contribution in [0.25, 0.3) is 0 Å². The van der Waals surface area contributed by atoms with E-state index in [1.165, 1.54) is 4.31 Å². The van der Waals surface area contributed by atoms with E-state index in [9.17, 15) is 8.42 Å². The third kappa shape index (κ3) is 4.04. The minimum Gasteiger partial charge on any atom is -0.380 e. The standard InChI is InChI=1S/C16H22N4O3S.ClH/c1-19-9-8-18-16(19)15-11-17-7-10-20(15)24(21,22)14-5-3-13(4-6-14)12-23-2;/h3-6,8-9,15,17H,7,10-12H2,1-2H3;1H. The molecule has 2 heterocycles. The van der Waals surface area contributed by atoms with Crippen LogP contribution in [0.1, 0.15) is 17.4 Å². The van der Waals surface area contributed by atoms with Crippen molar-refractivity contribution in [2.45, 2.75) is 17.5 Å². The Labute approximate surface area is 154 Å². The van der Waals surface area contributed by atoms with Gasteiger partial charge < -0.3 is 14.6 Å². The number of halogens is 1. The number of ether oxygens (including phenoxy) is 1. The van der Waals surface area contributed by atoms with Gasteiger partial charge in [-0.15, -0.1) is 12.4 Å². The molecule has 2 aromatic rings. The van der Waals surface area contributed by atoms with E-state index in [-0.39, 0.29) is 18.4 Å². The average Bonchev–Trinajstić information content (AvgIpc) is 3.01. The Morgan fingerprint density at radius 1 is 1.32 bits per heavy atom. The van der Waals surface area contributed by atoms with Crippen molar-refractivity contribution in [3.05, 3.63) is 48.0 Å². The number of aryl methyl sites for hydroxylation is 1. The van der Waals surface area contributed by atoms with Crippen molar-refractivity contribution in [1.29, 1.82) is 0 Å². The van der Waals surface area contributed by atoms with E-state index in [0.717, 1.165) is 11.4 Å². The summed E-state index contributed by atoms with van der Waals surface area (Å²) in [6.45, 7) is 2.05. The number of nitrogens with one attached hydrogen (secondary N) is 1. The molecular weight excluding hydrogens is 364 g/mol. The molecule has 1 N–H and O–H groups in total. The smallest absolute Gasteiger partial charge is 0.243 e. The van der Waals surface area contributed by atoms with E-state index < -0.39 is 10.0 Å². The molecule has 7 nitrogen and oxygen atoms in total. The number of imidazole rings is 1. The molecule has 1 fully saturated rings. The number of hydrogen-bond donors (Lipinski definition) is 1. The van der Waals surface area contributed by atoms with E-state index in [0.29, 0.717) is 31.1 Å². The van der Waals surface area contributed by atoms with Crippen LogP contribution in [-0.2, 0) is 28.4 Å². The highest BCUT2D eigenvalue weighted by atomic mass is 35.5. The van der Waals surface area contributed by atoms with Gasteiger partial charge in [-0.1, -0.05) is 12.1 Å². The van der Waals surface area contributed by atoms with Crippen LogP contribution in [0.2, 0.25) is 0 Å². The van der Waals surface area contributed by atoms with Gasteiger partial charge in [0.1, 0.15) is 5.82 Å². The summed E-state index contributed by atoms with van der Waals surface area (Å²) in [6.07, 6.45) is 3.52. The van der Waals surface area contributed by atoms with Crippen molar-refractivity contribution >= 4 is 22.4 Å². The number of nitrogens with zero attached hydrogens (tertiary/aromatic N) is 3. The van der Waals surface area contributed by atoms with Gasteiger partial charge in [0.25, 0.3) is 0 Å². The number of methoxy groups -OCH3 is 1. The number of rotatable bonds is 5. The first-order valence-electron chi connectivity index (χ1n) is 7.81. The zero-order valence-electron chi connectivity index (χ0n) is 14.3. The fourth-order valence-corrected chi connectivity index (χ4v) is 4.54. The lowest BCUT2D eigenvalue weighted by Crippen LogP contribution is -2.49. The maximum atomic E-state index is 13.1. The van der Waals surface area contributed by atoms with Gasteiger partial charge in [0.2, 0.25) is 10.0 Å². The molecule has 3 rings (SSSR count). The summed E-state index contributed by atoms with van der Waals surface area (Å²) in [5, 5.41) is 3.25. The number of hydrogen-bond acceptors (Lipinski definition) is 5. The molecule has 1 atom stereocenters. The largest absolute Gasteiger partial charge is 0.380 e. The lowest BCUT2D eigenvalue weighted by molar-refractivity contribution is 0.185. The highest BCUT2D eigenvalue weighted by Crippen LogP contribution is 2.28. The molecule has 1 aliphatic rings. The summed E-state index contributed by atoms with van der Waals surface area (Å²) in [5.74, 6) is 0.738. The molecule has 25 heavy (non-hydrogen) atoms. The Morgan fingerprint density at radius 3 is 2.64 bits per heavy atom. The third-order valence-electron chi connectivity index (χ3n) is 4.19. The number of benzene rings is 1. The molecule has 138 valence electrons. The van der Waals surface area contributed by atoms with E-state index in [1.807, 2.05) is 17.8 Å². The van der Waals surface area contributed by atoms with Crippen LogP contribution >= 0.6 is 12.4 Å². The second kappa shape index (κ2) is 8.29. The van der Waals surface area contributed by atoms with Crippen LogP contribution in [0.3, 0.4) is 0 Å². The Morgan fingerprint density at radius 2 is 2.04 bits per heavy atom. The molecule has 1 unspecified atom stereocenters. The van der Waals surface area contributed by atoms with Crippen LogP contribution < -0.4 is 5.32 Å². The first-order valence-corrected chi connectivity index (χ1v) is 9.25. The second-order valence-electron chi connectivity index (χ2n) is 5.81. The lowest BCUT2D eigenvalue weighted by Gasteiger charge is -2.34. The molecule has 0 spiro atoms. The van der Waals surface area contributed by atoms with Crippen molar-refractivity contribution in [3.8, 4) is 0 Å². The van der Waals surface area contributed by atoms with Gasteiger partial charge in [-0.2, -0.15) is 4.31 Å². The highest BCUT2D eigenvalue weighted by molar-refractivity contribution is 7.89. The van der Waals surface area contributed by atoms with E-state index in [4.69, 9.17) is 4.74 Å². The molecule has 0 saturated carbocycles. The predicted octanol–water partition coefficient (Wildman–Crippen LogP) is 1.32. The molecule has 1 aromatic carbocycles. The highest BCUT2D eigenvalue weighted by Gasteiger charge is 2.36. The monoisotopic (exact) mass is 386 g/mol. The van der Waals surface area contributed by atoms with Crippen LogP contribution in [0.15, 0.2) is 41.6 Å². The minimum atomic E-state index is -3.59. The molecule has 0 amide bonds. The molecule has 0 radical (unpaired) electrons. The van der Waals surface area contributed by atoms with Gasteiger partial charge in [0.15, 0.2) is 0 Å². The molecule has 0 aliphatic carbocycles. The first kappa shape index (κ1) is 19.9. The van der Waals surface area contributed by atoms with Gasteiger partial charge >= 0.3 is 0 Å². The topological polar surface area (TPSA) is 76.5 Å². The third-order valence-corrected chi connectivity index (χ3v) is 6.11. The Kier molecular flexibility index (Phi) is 6.59. The van der Waals surface area contributed by atoms with Crippen molar-refractivity contribution in [2.24, 2.45) is 7.05 Å². The quantitative estimate of drug-likeness (QED) is 0.838. The predicted molar refractivity (Wildman–Crippen MR) is 97.1 cm³/mol. The zero-order chi connectivity index (χ0) is 17.2. The summed E-state index contributed by atoms with van der Waals surface area (Å²) in [6, 6.07) is 6.54. The van der Waals surface area contributed by atoms with Crippen LogP contribution in [0.4, 0.5) is 0 Å². The van der Waals surface area contributed by atoms with Gasteiger partial charge in [-0.05, 0) is 17.7 Å². The van der Waals surface area contributed by atoms with E-state index >= 15 is 0 Å². The van der Waals surface area contributed by atoms with E-state index in [2.05, 4.69) is 10.3 Å². The summed E-state index contributed by atoms with van der Waals surface area (Å²) < 4.78 is 34.7. The summed E-state index contributed by atoms with van der Waals surface area (Å²) in [4.78, 5) is 4.63. The molecule has 9 heteroatoms. The molecular formula is C16H23ClN4O3S. The molecule has 1 saturated heterocycles. The average molecular weight is 387 g/mol. The molecule has 1 aromatic heterocycles. The van der Waals surface area contributed by atoms with E-state index in [1.54, 1.807) is 37.6 Å². The zero-order valence-corrected chi connectivity index (χ0v) is 15.9. The Bertz CT molecular complexity index is 792. The number of aromatic nitrogens is 2. The SMILES string of the molecule is COCc1ccc(S(=O)(=O)N2CCNCC2c2nccn2C)cc1.Cl. The van der Waals surface area contributed by atoms with Crippen LogP contribution in [-0.4, -0.2) is 49.0 Å². The Balaban J connectivity index is 0.00000225. The Hall–Kier alpha value is -1.45. The maximum Gasteiger partial charge on any atom is 0.243 e. The van der Waals surface area contributed by atoms with Gasteiger partial charge in [0, 0.05) is 46.2 Å². The first-order chi connectivity index (χ1) is 11.5. The van der Waals surface area contributed by atoms with Crippen molar-refractivity contribution < 1.29 is 13.2 Å². The van der Waals surface area contributed by atoms with Gasteiger partial charge in [0.05, 0.1) is 17.5 Å². The van der Waals surface area contributed by atoms with Crippen molar-refractivity contribution in [1.82, 2.24) is 19.2 Å². The van der Waals surface area contributed by atoms with Crippen LogP contribution in [0, 0.1) is 0 Å². The molecule has 1 aliphatic heterocycles. The summed E-state index contributed by atoms with van der Waals surface area (Å²) in [5.41, 5.74) is 0.942. The van der Waals surface area contributed by atoms with Crippen LogP contribution in [0.5, 0.6) is 0 Å². The second-order valence-corrected chi connectivity index (χ2v) is 7.70. The maximum absolute atomic E-state index is 13.1. The van der Waals surface area contributed by atoms with Gasteiger partial charge in [-0.3, -0.25) is 0 Å². The fourth-order valence-electron chi connectivity index (χ4n) is 2.95. The van der Waals surface area contributed by atoms with Gasteiger partial charge in [-0.25, -0.2) is 13.4 Å². The number of sulfonamides is 1. The number of piperazine rings is 1. The summed E-state index contributed by atoms with van der Waals surface area (Å²) >= 11 is 0. The fraction of sp³-hybridized carbons (Fsp3) is 0.438. The normalized spacial score (nSPS) is 18.7. The summed E-state index contributed by atoms with van der Waals surface area (Å²) in [7, 11) is -0.0963. The lowest BCUT2D eigenvalue weighted by atomic mass is 10.2. The van der Waals surface area contributed by atoms with Crippen molar-refractivity contribution in [3.63, 3.8) is 0 Å². The molecule has 0 bridgehead atoms. The minimum absolute atomic E-state index is 0. The van der Waals surface area contributed by atoms with Crippen molar-refractivity contribution in [2.75, 3.05) is 26.7 Å².